The maximum atomic E-state index is 5.47. The second-order valence-electron chi connectivity index (χ2n) is 12.7. The van der Waals surface area contributed by atoms with Gasteiger partial charge < -0.3 is 9.97 Å². The number of allylic oxidation sites excluding steroid dienone is 3. The van der Waals surface area contributed by atoms with E-state index in [2.05, 4.69) is 128 Å². The van der Waals surface area contributed by atoms with Crippen molar-refractivity contribution in [3.8, 4) is 44.5 Å². The van der Waals surface area contributed by atoms with E-state index in [1.54, 1.807) is 6.08 Å². The summed E-state index contributed by atoms with van der Waals surface area (Å²) in [4.78, 5) is 21.5. The summed E-state index contributed by atoms with van der Waals surface area (Å²) in [5.41, 5.74) is 16.1. The van der Waals surface area contributed by atoms with Crippen LogP contribution in [0.25, 0.3) is 90.4 Å². The monoisotopic (exact) mass is 722 g/mol. The third-order valence-corrected chi connectivity index (χ3v) is 9.56. The SMILES string of the molecule is C=CC(=C)C1=Cc2nc1c(-c1ccccc1)c1ccc([n-]1)c(-c1ccccc1)c1nc(c(-c3ccccc3)c3ccc([n-]3)c2-c2ccccc2)C=C1.[Ni+2]. The minimum Gasteiger partial charge on any atom is -0.657 e. The summed E-state index contributed by atoms with van der Waals surface area (Å²) in [6.07, 6.45) is 8.10. The number of benzene rings is 4. The van der Waals surface area contributed by atoms with Crippen molar-refractivity contribution in [3.05, 3.63) is 193 Å². The van der Waals surface area contributed by atoms with Gasteiger partial charge in [-0.1, -0.05) is 165 Å². The van der Waals surface area contributed by atoms with Gasteiger partial charge in [-0.15, -0.1) is 22.1 Å². The van der Waals surface area contributed by atoms with Gasteiger partial charge in [0.25, 0.3) is 0 Å². The molecule has 254 valence electrons. The molecule has 8 bridgehead atoms. The average molecular weight is 724 g/mol. The van der Waals surface area contributed by atoms with Crippen molar-refractivity contribution in [2.75, 3.05) is 0 Å². The molecule has 0 atom stereocenters. The second kappa shape index (κ2) is 14.2. The van der Waals surface area contributed by atoms with Gasteiger partial charge in [-0.25, -0.2) is 9.97 Å². The van der Waals surface area contributed by atoms with E-state index in [1.165, 1.54) is 0 Å². The van der Waals surface area contributed by atoms with E-state index in [4.69, 9.17) is 19.9 Å². The predicted molar refractivity (Wildman–Crippen MR) is 217 cm³/mol. The van der Waals surface area contributed by atoms with Crippen LogP contribution in [0.2, 0.25) is 0 Å². The first-order chi connectivity index (χ1) is 25.7. The first-order valence-corrected chi connectivity index (χ1v) is 17.3. The summed E-state index contributed by atoms with van der Waals surface area (Å²) in [6.45, 7) is 8.53. The van der Waals surface area contributed by atoms with Crippen LogP contribution < -0.4 is 9.97 Å². The van der Waals surface area contributed by atoms with Gasteiger partial charge in [-0.2, -0.15) is 0 Å². The molecule has 2 aliphatic heterocycles. The molecule has 0 fully saturated rings. The number of aromatic nitrogens is 4. The Kier molecular flexibility index (Phi) is 9.02. The second-order valence-corrected chi connectivity index (χ2v) is 12.7. The first-order valence-electron chi connectivity index (χ1n) is 17.3. The van der Waals surface area contributed by atoms with Gasteiger partial charge in [-0.05, 0) is 68.3 Å². The van der Waals surface area contributed by atoms with Crippen LogP contribution >= 0.6 is 0 Å². The Morgan fingerprint density at radius 1 is 0.453 bits per heavy atom. The van der Waals surface area contributed by atoms with Gasteiger partial charge in [0.1, 0.15) is 0 Å². The molecule has 3 aromatic heterocycles. The molecule has 0 saturated carbocycles. The van der Waals surface area contributed by atoms with E-state index in [-0.39, 0.29) is 16.5 Å². The average Bonchev–Trinajstić information content (AvgIpc) is 4.03. The number of nitrogens with zero attached hydrogens (tertiary/aromatic N) is 4. The van der Waals surface area contributed by atoms with E-state index < -0.39 is 0 Å². The molecule has 0 unspecified atom stereocenters. The third-order valence-electron chi connectivity index (χ3n) is 9.56. The maximum Gasteiger partial charge on any atom is 2.00 e. The van der Waals surface area contributed by atoms with Crippen LogP contribution in [0.1, 0.15) is 22.8 Å². The minimum absolute atomic E-state index is 0. The third kappa shape index (κ3) is 6.12. The zero-order chi connectivity index (χ0) is 35.0. The van der Waals surface area contributed by atoms with Crippen molar-refractivity contribution < 1.29 is 16.5 Å². The van der Waals surface area contributed by atoms with Crippen LogP contribution in [0.5, 0.6) is 0 Å². The standard InChI is InChI=1S/C48H32N4.Ni/c1-3-31(2)36-30-43-46(34-20-12-6-13-21-34)41-27-26-39(50-41)44(32-16-8-4-9-17-32)37-24-25-38(49-37)45(33-18-10-5-11-19-33)40-28-29-42(51-40)47(48(36)52-43)35-22-14-7-15-23-35;/h3-30H,1-2H2;/q-2;+2. The van der Waals surface area contributed by atoms with Crippen molar-refractivity contribution in [2.24, 2.45) is 0 Å². The summed E-state index contributed by atoms with van der Waals surface area (Å²) in [7, 11) is 0. The van der Waals surface area contributed by atoms with Gasteiger partial charge in [0, 0.05) is 5.57 Å². The van der Waals surface area contributed by atoms with Crippen LogP contribution in [0.15, 0.2) is 170 Å². The molecule has 7 aromatic rings. The van der Waals surface area contributed by atoms with Crippen molar-refractivity contribution in [2.45, 2.75) is 0 Å². The molecule has 0 amide bonds. The molecule has 9 rings (SSSR count). The molecular weight excluding hydrogens is 691 g/mol. The molecule has 0 N–H and O–H groups in total. The summed E-state index contributed by atoms with van der Waals surface area (Å²) < 4.78 is 0. The number of hydrogen-bond donors (Lipinski definition) is 0. The molecule has 5 heteroatoms. The van der Waals surface area contributed by atoms with Crippen LogP contribution in [-0.4, -0.2) is 9.97 Å². The van der Waals surface area contributed by atoms with Gasteiger partial charge in [0.2, 0.25) is 0 Å². The van der Waals surface area contributed by atoms with E-state index in [0.717, 1.165) is 100 Å². The number of rotatable bonds is 6. The molecule has 4 nitrogen and oxygen atoms in total. The molecule has 0 aliphatic carbocycles. The Balaban J connectivity index is 0.00000400. The maximum absolute atomic E-state index is 5.47. The summed E-state index contributed by atoms with van der Waals surface area (Å²) in [5.74, 6) is 0. The van der Waals surface area contributed by atoms with Crippen LogP contribution in [-0.2, 0) is 16.5 Å². The summed E-state index contributed by atoms with van der Waals surface area (Å²) in [5, 5.41) is 0. The van der Waals surface area contributed by atoms with Gasteiger partial charge >= 0.3 is 16.5 Å². The Morgan fingerprint density at radius 3 is 1.21 bits per heavy atom. The van der Waals surface area contributed by atoms with Crippen molar-refractivity contribution in [1.82, 2.24) is 19.9 Å². The Bertz CT molecular complexity index is 2740. The smallest absolute Gasteiger partial charge is 0.657 e. The molecule has 4 aromatic carbocycles. The Hall–Kier alpha value is -6.55. The fraction of sp³-hybridized carbons (Fsp3) is 0. The predicted octanol–water partition coefficient (Wildman–Crippen LogP) is 11.7. The van der Waals surface area contributed by atoms with Crippen molar-refractivity contribution in [3.63, 3.8) is 0 Å². The number of hydrogen-bond acceptors (Lipinski definition) is 2. The Labute approximate surface area is 318 Å². The van der Waals surface area contributed by atoms with Crippen molar-refractivity contribution >= 4 is 45.9 Å². The normalized spacial score (nSPS) is 11.8. The van der Waals surface area contributed by atoms with Crippen LogP contribution in [0, 0.1) is 0 Å². The first kappa shape index (κ1) is 33.6. The van der Waals surface area contributed by atoms with Gasteiger partial charge in [-0.3, -0.25) is 0 Å². The zero-order valence-corrected chi connectivity index (χ0v) is 29.7. The van der Waals surface area contributed by atoms with E-state index in [9.17, 15) is 0 Å². The fourth-order valence-corrected chi connectivity index (χ4v) is 7.12. The number of fused-ring (bicyclic) bond motifs is 8. The Morgan fingerprint density at radius 2 is 0.811 bits per heavy atom. The summed E-state index contributed by atoms with van der Waals surface area (Å²) in [6, 6.07) is 49.8. The van der Waals surface area contributed by atoms with Crippen molar-refractivity contribution in [1.29, 1.82) is 0 Å². The zero-order valence-electron chi connectivity index (χ0n) is 28.7. The van der Waals surface area contributed by atoms with Gasteiger partial charge in [0.15, 0.2) is 0 Å². The quantitative estimate of drug-likeness (QED) is 0.127. The van der Waals surface area contributed by atoms with Crippen LogP contribution in [0.4, 0.5) is 0 Å². The topological polar surface area (TPSA) is 54.0 Å². The molecule has 0 saturated heterocycles. The molecule has 2 aliphatic rings. The van der Waals surface area contributed by atoms with Crippen LogP contribution in [0.3, 0.4) is 0 Å². The largest absolute Gasteiger partial charge is 2.00 e. The molecule has 5 heterocycles. The molecule has 0 radical (unpaired) electrons. The van der Waals surface area contributed by atoms with E-state index in [1.807, 2.05) is 48.5 Å². The van der Waals surface area contributed by atoms with E-state index >= 15 is 0 Å². The summed E-state index contributed by atoms with van der Waals surface area (Å²) >= 11 is 0. The van der Waals surface area contributed by atoms with E-state index in [0.29, 0.717) is 0 Å². The molecule has 53 heavy (non-hydrogen) atoms. The van der Waals surface area contributed by atoms with Gasteiger partial charge in [0.05, 0.1) is 22.8 Å². The fourth-order valence-electron chi connectivity index (χ4n) is 7.12. The molecular formula is C48H32N4Ni. The minimum atomic E-state index is 0. The molecule has 0 spiro atoms.